The fourth-order valence-corrected chi connectivity index (χ4v) is 7.83. The zero-order valence-electron chi connectivity index (χ0n) is 25.2. The molecule has 8 bridgehead atoms. The molecule has 1 atom stereocenters. The third kappa shape index (κ3) is 6.93. The molecule has 2 saturated heterocycles. The molecule has 6 heterocycles. The smallest absolute Gasteiger partial charge is 0.273 e. The van der Waals surface area contributed by atoms with E-state index in [0.29, 0.717) is 24.7 Å². The van der Waals surface area contributed by atoms with Gasteiger partial charge in [-0.15, -0.1) is 0 Å². The Hall–Kier alpha value is -2.92. The van der Waals surface area contributed by atoms with Gasteiger partial charge in [-0.1, -0.05) is 37.5 Å². The molecule has 0 unspecified atom stereocenters. The third-order valence-corrected chi connectivity index (χ3v) is 10.8. The van der Waals surface area contributed by atoms with Crippen molar-refractivity contribution in [2.45, 2.75) is 70.8 Å². The van der Waals surface area contributed by atoms with Gasteiger partial charge in [0.2, 0.25) is 0 Å². The summed E-state index contributed by atoms with van der Waals surface area (Å²) in [6.07, 6.45) is 6.02. The summed E-state index contributed by atoms with van der Waals surface area (Å²) in [4.78, 5) is 18.9. The Morgan fingerprint density at radius 1 is 0.953 bits per heavy atom. The Balaban J connectivity index is 1.37. The highest BCUT2D eigenvalue weighted by molar-refractivity contribution is 7.91. The molecule has 0 amide bonds. The van der Waals surface area contributed by atoms with Gasteiger partial charge in [-0.05, 0) is 63.3 Å². The van der Waals surface area contributed by atoms with Crippen molar-refractivity contribution in [1.29, 1.82) is 0 Å². The van der Waals surface area contributed by atoms with Crippen LogP contribution in [0, 0.1) is 12.8 Å². The first-order valence-electron chi connectivity index (χ1n) is 15.7. The topological polar surface area (TPSA) is 91.3 Å². The Bertz CT molecular complexity index is 1560. The summed E-state index contributed by atoms with van der Waals surface area (Å²) in [6.45, 7) is 7.07. The number of anilines is 2. The fourth-order valence-electron chi connectivity index (χ4n) is 6.63. The molecule has 0 aliphatic carbocycles. The van der Waals surface area contributed by atoms with Crippen LogP contribution in [0.5, 0.6) is 0 Å². The van der Waals surface area contributed by atoms with Gasteiger partial charge in [0.05, 0.1) is 22.7 Å². The van der Waals surface area contributed by atoms with Gasteiger partial charge < -0.3 is 15.1 Å². The van der Waals surface area contributed by atoms with Gasteiger partial charge in [0, 0.05) is 49.6 Å². The van der Waals surface area contributed by atoms with Gasteiger partial charge in [0.15, 0.2) is 9.84 Å². The van der Waals surface area contributed by atoms with Gasteiger partial charge in [-0.25, -0.2) is 32.2 Å². The number of aryl methyl sites for hydroxylation is 2. The maximum atomic E-state index is 15.5. The highest BCUT2D eigenvalue weighted by Crippen LogP contribution is 2.39. The van der Waals surface area contributed by atoms with Gasteiger partial charge in [-0.2, -0.15) is 0 Å². The van der Waals surface area contributed by atoms with E-state index >= 15 is 8.78 Å². The molecule has 4 aliphatic rings. The van der Waals surface area contributed by atoms with E-state index in [1.807, 2.05) is 30.9 Å². The number of nitrogens with one attached hydrogen (secondary N) is 1. The number of hydrogen-bond donors (Lipinski definition) is 1. The number of nitrogens with zero attached hydrogens (tertiary/aromatic N) is 5. The summed E-state index contributed by atoms with van der Waals surface area (Å²) in [6, 6.07) is 8.41. The molecule has 232 valence electrons. The van der Waals surface area contributed by atoms with Crippen molar-refractivity contribution in [3.05, 3.63) is 53.0 Å². The predicted octanol–water partition coefficient (Wildman–Crippen LogP) is 5.66. The van der Waals surface area contributed by atoms with Crippen LogP contribution in [0.2, 0.25) is 0 Å². The molecular formula is C32H42F2N6O2S. The highest BCUT2D eigenvalue weighted by atomic mass is 32.2. The summed E-state index contributed by atoms with van der Waals surface area (Å²) >= 11 is 0. The van der Waals surface area contributed by atoms with Crippen molar-refractivity contribution < 1.29 is 17.2 Å². The number of rotatable bonds is 1. The molecule has 2 fully saturated rings. The van der Waals surface area contributed by atoms with Gasteiger partial charge in [0.1, 0.15) is 17.5 Å². The monoisotopic (exact) mass is 612 g/mol. The summed E-state index contributed by atoms with van der Waals surface area (Å²) < 4.78 is 55.2. The number of halogens is 2. The maximum absolute atomic E-state index is 15.5. The molecule has 43 heavy (non-hydrogen) atoms. The minimum atomic E-state index is -3.04. The second-order valence-corrected chi connectivity index (χ2v) is 14.9. The average molecular weight is 613 g/mol. The minimum absolute atomic E-state index is 0.0218. The van der Waals surface area contributed by atoms with E-state index in [0.717, 1.165) is 86.1 Å². The SMILES string of the molecule is Cc1nc2c3cc(N4CCS(=O)(=O)CC4)nc(c3n1)CCCCCCCN1CC(C1)CC(F)(F)c1cccc(c1)[C@@H](C)N2. The molecule has 3 aromatic rings. The second kappa shape index (κ2) is 12.2. The lowest BCUT2D eigenvalue weighted by Crippen LogP contribution is -2.48. The zero-order chi connectivity index (χ0) is 30.2. The van der Waals surface area contributed by atoms with E-state index in [4.69, 9.17) is 15.0 Å². The van der Waals surface area contributed by atoms with Crippen molar-refractivity contribution in [2.75, 3.05) is 54.4 Å². The number of sulfone groups is 1. The number of aromatic nitrogens is 3. The number of alkyl halides is 2. The van der Waals surface area contributed by atoms with Crippen LogP contribution >= 0.6 is 0 Å². The predicted molar refractivity (Wildman–Crippen MR) is 167 cm³/mol. The highest BCUT2D eigenvalue weighted by Gasteiger charge is 2.39. The van der Waals surface area contributed by atoms with E-state index in [1.165, 1.54) is 6.07 Å². The van der Waals surface area contributed by atoms with Crippen LogP contribution in [0.1, 0.15) is 74.1 Å². The second-order valence-electron chi connectivity index (χ2n) is 12.6. The van der Waals surface area contributed by atoms with E-state index in [1.54, 1.807) is 12.1 Å². The quantitative estimate of drug-likeness (QED) is 0.377. The molecule has 7 rings (SSSR count). The molecule has 1 N–H and O–H groups in total. The number of fused-ring (bicyclic) bond motifs is 8. The normalized spacial score (nSPS) is 26.2. The summed E-state index contributed by atoms with van der Waals surface area (Å²) in [5.74, 6) is -0.693. The van der Waals surface area contributed by atoms with Gasteiger partial charge in [0.25, 0.3) is 5.92 Å². The average Bonchev–Trinajstić information content (AvgIpc) is 2.94. The third-order valence-electron chi connectivity index (χ3n) is 9.15. The first-order valence-corrected chi connectivity index (χ1v) is 17.5. The Labute approximate surface area is 253 Å². The lowest BCUT2D eigenvalue weighted by molar-refractivity contribution is -0.0568. The van der Waals surface area contributed by atoms with E-state index in [-0.39, 0.29) is 35.4 Å². The summed E-state index contributed by atoms with van der Waals surface area (Å²) in [5.41, 5.74) is 2.50. The molecule has 0 radical (unpaired) electrons. The van der Waals surface area contributed by atoms with Crippen molar-refractivity contribution >= 4 is 32.4 Å². The zero-order valence-corrected chi connectivity index (χ0v) is 26.0. The van der Waals surface area contributed by atoms with Crippen molar-refractivity contribution in [1.82, 2.24) is 19.9 Å². The Morgan fingerprint density at radius 3 is 2.49 bits per heavy atom. The largest absolute Gasteiger partial charge is 0.363 e. The Kier molecular flexibility index (Phi) is 8.56. The van der Waals surface area contributed by atoms with Crippen LogP contribution in [0.3, 0.4) is 0 Å². The van der Waals surface area contributed by atoms with E-state index in [2.05, 4.69) is 10.2 Å². The lowest BCUT2D eigenvalue weighted by Gasteiger charge is -2.41. The molecule has 0 saturated carbocycles. The van der Waals surface area contributed by atoms with Crippen LogP contribution in [0.25, 0.3) is 10.9 Å². The minimum Gasteiger partial charge on any atom is -0.363 e. The molecule has 1 aromatic carbocycles. The first-order chi connectivity index (χ1) is 20.6. The molecule has 8 nitrogen and oxygen atoms in total. The molecule has 11 heteroatoms. The molecule has 4 aliphatic heterocycles. The van der Waals surface area contributed by atoms with Crippen LogP contribution in [-0.2, 0) is 22.2 Å². The van der Waals surface area contributed by atoms with Crippen molar-refractivity contribution in [2.24, 2.45) is 5.92 Å². The van der Waals surface area contributed by atoms with Gasteiger partial charge in [-0.3, -0.25) is 0 Å². The molecule has 0 spiro atoms. The number of pyridine rings is 1. The standard InChI is InChI=1S/C32H42F2N6O2S/c1-22-25-9-8-10-26(17-25)32(33,34)19-24-20-39(21-24)12-7-5-3-4-6-11-28-30-27(31(35-22)37-23(2)36-30)18-29(38-28)40-13-15-43(41,42)16-14-40/h8-10,17-18,22,24H,3-7,11-16,19-21H2,1-2H3,(H,35,36,37)/t22-/m1/s1. The summed E-state index contributed by atoms with van der Waals surface area (Å²) in [7, 11) is -3.04. The van der Waals surface area contributed by atoms with Crippen molar-refractivity contribution in [3.63, 3.8) is 0 Å². The van der Waals surface area contributed by atoms with Crippen LogP contribution in [-0.4, -0.2) is 72.5 Å². The summed E-state index contributed by atoms with van der Waals surface area (Å²) in [5, 5.41) is 4.31. The van der Waals surface area contributed by atoms with E-state index in [9.17, 15) is 8.42 Å². The maximum Gasteiger partial charge on any atom is 0.273 e. The lowest BCUT2D eigenvalue weighted by atomic mass is 9.89. The van der Waals surface area contributed by atoms with Gasteiger partial charge >= 0.3 is 0 Å². The number of hydrogen-bond acceptors (Lipinski definition) is 8. The molecule has 2 aromatic heterocycles. The van der Waals surface area contributed by atoms with Crippen molar-refractivity contribution in [3.8, 4) is 0 Å². The first kappa shape index (κ1) is 30.1. The Morgan fingerprint density at radius 2 is 1.70 bits per heavy atom. The van der Waals surface area contributed by atoms with Crippen LogP contribution < -0.4 is 10.2 Å². The molecular weight excluding hydrogens is 570 g/mol. The van der Waals surface area contributed by atoms with Crippen LogP contribution in [0.15, 0.2) is 30.3 Å². The van der Waals surface area contributed by atoms with E-state index < -0.39 is 15.8 Å². The van der Waals surface area contributed by atoms with Crippen LogP contribution in [0.4, 0.5) is 20.4 Å². The number of benzene rings is 1. The fraction of sp³-hybridized carbons (Fsp3) is 0.594.